The maximum atomic E-state index is 12.6. The van der Waals surface area contributed by atoms with E-state index in [1.54, 1.807) is 36.4 Å². The average Bonchev–Trinajstić information content (AvgIpc) is 2.70. The van der Waals surface area contributed by atoms with E-state index in [4.69, 9.17) is 0 Å². The van der Waals surface area contributed by atoms with Crippen LogP contribution >= 0.6 is 0 Å². The molecule has 3 aromatic rings. The number of hydrogen-bond donors (Lipinski definition) is 2. The Morgan fingerprint density at radius 2 is 1.21 bits per heavy atom. The van der Waals surface area contributed by atoms with Gasteiger partial charge in [-0.05, 0) is 66.9 Å². The standard InChI is InChI=1S/C21H22N2O4S2/c1-3-17-8-12-19(13-9-17)28(24,25)22-18-10-14-20(15-11-18)29(26,27)23-21-7-5-4-6-16(21)2/h4-15,22-23H,3H2,1-2H3. The summed E-state index contributed by atoms with van der Waals surface area (Å²) in [6, 6.07) is 19.2. The molecule has 152 valence electrons. The Hall–Kier alpha value is -2.84. The molecule has 0 atom stereocenters. The molecule has 0 heterocycles. The number of nitrogens with one attached hydrogen (secondary N) is 2. The summed E-state index contributed by atoms with van der Waals surface area (Å²) in [5.74, 6) is 0. The van der Waals surface area contributed by atoms with E-state index in [1.165, 1.54) is 24.3 Å². The fraction of sp³-hybridized carbons (Fsp3) is 0.143. The minimum absolute atomic E-state index is 0.0380. The molecule has 29 heavy (non-hydrogen) atoms. The van der Waals surface area contributed by atoms with Crippen LogP contribution in [0.25, 0.3) is 0 Å². The Morgan fingerprint density at radius 3 is 1.76 bits per heavy atom. The summed E-state index contributed by atoms with van der Waals surface area (Å²) in [6.07, 6.45) is 0.820. The van der Waals surface area contributed by atoms with Gasteiger partial charge in [0.1, 0.15) is 0 Å². The molecule has 0 aliphatic heterocycles. The van der Waals surface area contributed by atoms with Crippen molar-refractivity contribution in [2.45, 2.75) is 30.1 Å². The van der Waals surface area contributed by atoms with Gasteiger partial charge in [-0.15, -0.1) is 0 Å². The van der Waals surface area contributed by atoms with Crippen molar-refractivity contribution < 1.29 is 16.8 Å². The first kappa shape index (κ1) is 20.9. The maximum Gasteiger partial charge on any atom is 0.261 e. The zero-order chi connectivity index (χ0) is 21.1. The summed E-state index contributed by atoms with van der Waals surface area (Å²) in [7, 11) is -7.54. The predicted octanol–water partition coefficient (Wildman–Crippen LogP) is 4.16. The molecule has 0 radical (unpaired) electrons. The normalized spacial score (nSPS) is 11.8. The van der Waals surface area contributed by atoms with Gasteiger partial charge in [-0.2, -0.15) is 0 Å². The van der Waals surface area contributed by atoms with Crippen molar-refractivity contribution in [1.29, 1.82) is 0 Å². The number of rotatable bonds is 7. The minimum atomic E-state index is -3.78. The van der Waals surface area contributed by atoms with Gasteiger partial charge in [0.2, 0.25) is 0 Å². The molecule has 0 saturated heterocycles. The Kier molecular flexibility index (Phi) is 5.95. The lowest BCUT2D eigenvalue weighted by atomic mass is 10.2. The van der Waals surface area contributed by atoms with E-state index in [2.05, 4.69) is 9.44 Å². The highest BCUT2D eigenvalue weighted by Gasteiger charge is 2.17. The predicted molar refractivity (Wildman–Crippen MR) is 115 cm³/mol. The second-order valence-corrected chi connectivity index (χ2v) is 9.91. The van der Waals surface area contributed by atoms with Crippen LogP contribution in [0, 0.1) is 6.92 Å². The van der Waals surface area contributed by atoms with Crippen LogP contribution < -0.4 is 9.44 Å². The van der Waals surface area contributed by atoms with Crippen LogP contribution in [0.1, 0.15) is 18.1 Å². The van der Waals surface area contributed by atoms with Gasteiger partial charge < -0.3 is 0 Å². The van der Waals surface area contributed by atoms with E-state index in [1.807, 2.05) is 26.0 Å². The van der Waals surface area contributed by atoms with Gasteiger partial charge in [0.05, 0.1) is 15.5 Å². The fourth-order valence-corrected chi connectivity index (χ4v) is 4.90. The Morgan fingerprint density at radius 1 is 0.690 bits per heavy atom. The van der Waals surface area contributed by atoms with Crippen LogP contribution in [-0.4, -0.2) is 16.8 Å². The molecule has 0 fully saturated rings. The quantitative estimate of drug-likeness (QED) is 0.589. The Balaban J connectivity index is 1.78. The van der Waals surface area contributed by atoms with Crippen LogP contribution in [0.15, 0.2) is 82.6 Å². The van der Waals surface area contributed by atoms with E-state index in [0.29, 0.717) is 5.69 Å². The zero-order valence-electron chi connectivity index (χ0n) is 16.1. The third-order valence-corrected chi connectivity index (χ3v) is 7.23. The highest BCUT2D eigenvalue weighted by atomic mass is 32.2. The number of sulfonamides is 2. The molecule has 0 aliphatic rings. The third kappa shape index (κ3) is 4.96. The van der Waals surface area contributed by atoms with Gasteiger partial charge >= 0.3 is 0 Å². The van der Waals surface area contributed by atoms with E-state index >= 15 is 0 Å². The minimum Gasteiger partial charge on any atom is -0.280 e. The molecule has 0 unspecified atom stereocenters. The zero-order valence-corrected chi connectivity index (χ0v) is 17.7. The van der Waals surface area contributed by atoms with Crippen molar-refractivity contribution in [3.63, 3.8) is 0 Å². The number of anilines is 2. The summed E-state index contributed by atoms with van der Waals surface area (Å²) in [6.45, 7) is 3.80. The second-order valence-electron chi connectivity index (χ2n) is 6.55. The van der Waals surface area contributed by atoms with E-state index in [-0.39, 0.29) is 15.5 Å². The van der Waals surface area contributed by atoms with Crippen LogP contribution in [-0.2, 0) is 26.5 Å². The van der Waals surface area contributed by atoms with Crippen LogP contribution in [0.2, 0.25) is 0 Å². The van der Waals surface area contributed by atoms with Crippen molar-refractivity contribution in [3.8, 4) is 0 Å². The van der Waals surface area contributed by atoms with Crippen molar-refractivity contribution in [2.75, 3.05) is 9.44 Å². The molecule has 8 heteroatoms. The van der Waals surface area contributed by atoms with Crippen molar-refractivity contribution >= 4 is 31.4 Å². The molecule has 0 bridgehead atoms. The van der Waals surface area contributed by atoms with Gasteiger partial charge in [-0.3, -0.25) is 9.44 Å². The molecule has 0 saturated carbocycles. The Labute approximate surface area is 171 Å². The first-order valence-corrected chi connectivity index (χ1v) is 12.0. The van der Waals surface area contributed by atoms with Gasteiger partial charge in [0.15, 0.2) is 0 Å². The summed E-state index contributed by atoms with van der Waals surface area (Å²) >= 11 is 0. The third-order valence-electron chi connectivity index (χ3n) is 4.45. The molecule has 2 N–H and O–H groups in total. The largest absolute Gasteiger partial charge is 0.280 e. The molecule has 3 rings (SSSR count). The van der Waals surface area contributed by atoms with Crippen molar-refractivity contribution in [1.82, 2.24) is 0 Å². The lowest BCUT2D eigenvalue weighted by molar-refractivity contribution is 0.600. The molecule has 6 nitrogen and oxygen atoms in total. The van der Waals surface area contributed by atoms with Gasteiger partial charge in [-0.1, -0.05) is 37.3 Å². The summed E-state index contributed by atoms with van der Waals surface area (Å²) in [5, 5.41) is 0. The van der Waals surface area contributed by atoms with Crippen molar-refractivity contribution in [2.24, 2.45) is 0 Å². The highest BCUT2D eigenvalue weighted by molar-refractivity contribution is 7.93. The first-order chi connectivity index (χ1) is 13.7. The molecular formula is C21H22N2O4S2. The van der Waals surface area contributed by atoms with Crippen molar-refractivity contribution in [3.05, 3.63) is 83.9 Å². The second kappa shape index (κ2) is 8.26. The number of hydrogen-bond acceptors (Lipinski definition) is 4. The SMILES string of the molecule is CCc1ccc(S(=O)(=O)Nc2ccc(S(=O)(=O)Nc3ccccc3C)cc2)cc1. The lowest BCUT2D eigenvalue weighted by Crippen LogP contribution is -2.15. The molecule has 0 spiro atoms. The van der Waals surface area contributed by atoms with Crippen LogP contribution in [0.3, 0.4) is 0 Å². The highest BCUT2D eigenvalue weighted by Crippen LogP contribution is 2.22. The van der Waals surface area contributed by atoms with Gasteiger partial charge in [0.25, 0.3) is 20.0 Å². The average molecular weight is 431 g/mol. The van der Waals surface area contributed by atoms with Crippen LogP contribution in [0.4, 0.5) is 11.4 Å². The molecular weight excluding hydrogens is 408 g/mol. The number of para-hydroxylation sites is 1. The summed E-state index contributed by atoms with van der Waals surface area (Å²) in [4.78, 5) is 0.184. The molecule has 0 aliphatic carbocycles. The van der Waals surface area contributed by atoms with E-state index < -0.39 is 20.0 Å². The van der Waals surface area contributed by atoms with E-state index in [9.17, 15) is 16.8 Å². The van der Waals surface area contributed by atoms with Gasteiger partial charge in [0, 0.05) is 5.69 Å². The molecule has 0 aromatic heterocycles. The van der Waals surface area contributed by atoms with Gasteiger partial charge in [-0.25, -0.2) is 16.8 Å². The monoisotopic (exact) mass is 430 g/mol. The maximum absolute atomic E-state index is 12.6. The fourth-order valence-electron chi connectivity index (χ4n) is 2.71. The molecule has 0 amide bonds. The first-order valence-electron chi connectivity index (χ1n) is 9.01. The molecule has 3 aromatic carbocycles. The summed E-state index contributed by atoms with van der Waals surface area (Å²) in [5.41, 5.74) is 2.61. The lowest BCUT2D eigenvalue weighted by Gasteiger charge is -2.12. The number of aryl methyl sites for hydroxylation is 2. The smallest absolute Gasteiger partial charge is 0.261 e. The summed E-state index contributed by atoms with van der Waals surface area (Å²) < 4.78 is 55.2. The van der Waals surface area contributed by atoms with Crippen LogP contribution in [0.5, 0.6) is 0 Å². The number of benzene rings is 3. The van der Waals surface area contributed by atoms with E-state index in [0.717, 1.165) is 17.5 Å². The Bertz CT molecular complexity index is 1200. The topological polar surface area (TPSA) is 92.3 Å².